The van der Waals surface area contributed by atoms with E-state index in [0.29, 0.717) is 12.3 Å². The summed E-state index contributed by atoms with van der Waals surface area (Å²) in [6.45, 7) is 3.50. The number of carbonyl (C=O) groups excluding carboxylic acids is 1. The van der Waals surface area contributed by atoms with Crippen LogP contribution in [0.3, 0.4) is 0 Å². The number of carbonyl (C=O) groups is 1. The zero-order chi connectivity index (χ0) is 20.9. The molecule has 0 unspecified atom stereocenters. The average Bonchev–Trinajstić information content (AvgIpc) is 2.66. The summed E-state index contributed by atoms with van der Waals surface area (Å²) >= 11 is 6.18. The van der Waals surface area contributed by atoms with Crippen molar-refractivity contribution in [2.75, 3.05) is 31.6 Å². The summed E-state index contributed by atoms with van der Waals surface area (Å²) < 4.78 is 38.3. The third kappa shape index (κ3) is 4.69. The van der Waals surface area contributed by atoms with E-state index in [1.807, 2.05) is 0 Å². The zero-order valence-electron chi connectivity index (χ0n) is 16.2. The second kappa shape index (κ2) is 9.16. The van der Waals surface area contributed by atoms with Crippen molar-refractivity contribution >= 4 is 33.2 Å². The molecule has 2 rings (SSSR count). The van der Waals surface area contributed by atoms with Gasteiger partial charge in [0.05, 0.1) is 24.9 Å². The normalized spacial score (nSPS) is 11.0. The number of nitrogens with one attached hydrogen (secondary N) is 1. The lowest BCUT2D eigenvalue weighted by molar-refractivity contribution is -0.119. The van der Waals surface area contributed by atoms with Crippen LogP contribution in [0.4, 0.5) is 5.69 Å². The fourth-order valence-electron chi connectivity index (χ4n) is 2.61. The van der Waals surface area contributed by atoms with Crippen molar-refractivity contribution in [3.8, 4) is 11.5 Å². The van der Waals surface area contributed by atoms with Gasteiger partial charge in [0, 0.05) is 6.54 Å². The number of anilines is 1. The van der Waals surface area contributed by atoms with Crippen LogP contribution in [0.15, 0.2) is 41.3 Å². The van der Waals surface area contributed by atoms with Gasteiger partial charge in [0.1, 0.15) is 22.9 Å². The number of nitrogens with zero attached hydrogens (tertiary/aromatic N) is 1. The average molecular weight is 427 g/mol. The first-order valence-electron chi connectivity index (χ1n) is 8.52. The number of benzene rings is 2. The molecule has 0 aliphatic rings. The van der Waals surface area contributed by atoms with Crippen LogP contribution in [0.2, 0.25) is 5.02 Å². The van der Waals surface area contributed by atoms with Crippen LogP contribution in [0.5, 0.6) is 11.5 Å². The number of rotatable bonds is 8. The number of aryl methyl sites for hydroxylation is 1. The Bertz CT molecular complexity index is 963. The van der Waals surface area contributed by atoms with E-state index in [2.05, 4.69) is 5.32 Å². The summed E-state index contributed by atoms with van der Waals surface area (Å²) in [4.78, 5) is 12.2. The summed E-state index contributed by atoms with van der Waals surface area (Å²) in [5.41, 5.74) is 0.978. The van der Waals surface area contributed by atoms with Crippen molar-refractivity contribution in [2.45, 2.75) is 18.7 Å². The van der Waals surface area contributed by atoms with E-state index in [1.54, 1.807) is 32.0 Å². The standard InChI is InChI=1S/C19H23ClN2O5S/c1-5-21-19(23)12-22(14-7-9-16(26-3)15(20)11-14)28(24,25)18-10-13(2)6-8-17(18)27-4/h6-11H,5,12H2,1-4H3,(H,21,23). The van der Waals surface area contributed by atoms with Gasteiger partial charge in [0.2, 0.25) is 5.91 Å². The predicted molar refractivity (Wildman–Crippen MR) is 109 cm³/mol. The third-order valence-corrected chi connectivity index (χ3v) is 6.06. The van der Waals surface area contributed by atoms with Crippen LogP contribution in [-0.2, 0) is 14.8 Å². The minimum absolute atomic E-state index is 0.0359. The third-order valence-electron chi connectivity index (χ3n) is 3.97. The fourth-order valence-corrected chi connectivity index (χ4v) is 4.52. The van der Waals surface area contributed by atoms with Crippen molar-refractivity contribution in [3.05, 3.63) is 47.0 Å². The zero-order valence-corrected chi connectivity index (χ0v) is 17.7. The van der Waals surface area contributed by atoms with E-state index >= 15 is 0 Å². The van der Waals surface area contributed by atoms with Gasteiger partial charge in [0.25, 0.3) is 10.0 Å². The van der Waals surface area contributed by atoms with E-state index in [1.165, 1.54) is 32.4 Å². The molecular formula is C19H23ClN2O5S. The van der Waals surface area contributed by atoms with Gasteiger partial charge >= 0.3 is 0 Å². The first-order valence-corrected chi connectivity index (χ1v) is 10.3. The van der Waals surface area contributed by atoms with Crippen LogP contribution in [0.25, 0.3) is 0 Å². The fraction of sp³-hybridized carbons (Fsp3) is 0.316. The number of amides is 1. The van der Waals surface area contributed by atoms with E-state index in [-0.39, 0.29) is 21.4 Å². The summed E-state index contributed by atoms with van der Waals surface area (Å²) in [5, 5.41) is 2.84. The Morgan fingerprint density at radius 2 is 1.75 bits per heavy atom. The number of halogens is 1. The lowest BCUT2D eigenvalue weighted by atomic mass is 10.2. The molecule has 2 aromatic rings. The van der Waals surface area contributed by atoms with E-state index in [4.69, 9.17) is 21.1 Å². The second-order valence-corrected chi connectivity index (χ2v) is 8.18. The maximum Gasteiger partial charge on any atom is 0.268 e. The smallest absolute Gasteiger partial charge is 0.268 e. The molecule has 7 nitrogen and oxygen atoms in total. The minimum atomic E-state index is -4.12. The van der Waals surface area contributed by atoms with Crippen molar-refractivity contribution in [2.24, 2.45) is 0 Å². The van der Waals surface area contributed by atoms with Gasteiger partial charge in [-0.15, -0.1) is 0 Å². The Morgan fingerprint density at radius 1 is 1.11 bits per heavy atom. The molecule has 0 aromatic heterocycles. The molecule has 0 fully saturated rings. The van der Waals surface area contributed by atoms with Crippen molar-refractivity contribution in [1.29, 1.82) is 0 Å². The molecule has 0 aliphatic carbocycles. The van der Waals surface area contributed by atoms with E-state index in [9.17, 15) is 13.2 Å². The molecule has 0 saturated heterocycles. The van der Waals surface area contributed by atoms with Gasteiger partial charge in [0.15, 0.2) is 0 Å². The number of sulfonamides is 1. The van der Waals surface area contributed by atoms with Crippen LogP contribution < -0.4 is 19.1 Å². The van der Waals surface area contributed by atoms with Crippen LogP contribution >= 0.6 is 11.6 Å². The Morgan fingerprint density at radius 3 is 2.32 bits per heavy atom. The SMILES string of the molecule is CCNC(=O)CN(c1ccc(OC)c(Cl)c1)S(=O)(=O)c1cc(C)ccc1OC. The summed E-state index contributed by atoms with van der Waals surface area (Å²) in [7, 11) is -1.27. The van der Waals surface area contributed by atoms with Gasteiger partial charge < -0.3 is 14.8 Å². The van der Waals surface area contributed by atoms with Crippen molar-refractivity contribution < 1.29 is 22.7 Å². The number of methoxy groups -OCH3 is 2. The molecule has 0 bridgehead atoms. The van der Waals surface area contributed by atoms with Gasteiger partial charge in [-0.1, -0.05) is 17.7 Å². The summed E-state index contributed by atoms with van der Waals surface area (Å²) in [6, 6.07) is 9.35. The predicted octanol–water partition coefficient (Wildman–Crippen LogP) is 3.00. The molecule has 2 aromatic carbocycles. The minimum Gasteiger partial charge on any atom is -0.495 e. The monoisotopic (exact) mass is 426 g/mol. The van der Waals surface area contributed by atoms with Gasteiger partial charge in [-0.25, -0.2) is 8.42 Å². The van der Waals surface area contributed by atoms with Crippen molar-refractivity contribution in [1.82, 2.24) is 5.32 Å². The molecule has 0 aliphatic heterocycles. The summed E-state index contributed by atoms with van der Waals surface area (Å²) in [6.07, 6.45) is 0. The molecule has 28 heavy (non-hydrogen) atoms. The van der Waals surface area contributed by atoms with Gasteiger partial charge in [-0.3, -0.25) is 9.10 Å². The topological polar surface area (TPSA) is 84.9 Å². The van der Waals surface area contributed by atoms with Gasteiger partial charge in [-0.05, 0) is 49.7 Å². The van der Waals surface area contributed by atoms with Crippen molar-refractivity contribution in [3.63, 3.8) is 0 Å². The maximum absolute atomic E-state index is 13.5. The molecule has 0 saturated carbocycles. The Hall–Kier alpha value is -2.45. The lowest BCUT2D eigenvalue weighted by Crippen LogP contribution is -2.41. The number of hydrogen-bond acceptors (Lipinski definition) is 5. The van der Waals surface area contributed by atoms with E-state index < -0.39 is 22.5 Å². The van der Waals surface area contributed by atoms with Crippen LogP contribution in [-0.4, -0.2) is 41.6 Å². The highest BCUT2D eigenvalue weighted by Crippen LogP contribution is 2.34. The molecule has 0 heterocycles. The molecule has 0 radical (unpaired) electrons. The quantitative estimate of drug-likeness (QED) is 0.701. The molecule has 0 atom stereocenters. The number of hydrogen-bond donors (Lipinski definition) is 1. The van der Waals surface area contributed by atoms with Crippen LogP contribution in [0.1, 0.15) is 12.5 Å². The highest BCUT2D eigenvalue weighted by atomic mass is 35.5. The largest absolute Gasteiger partial charge is 0.495 e. The molecular weight excluding hydrogens is 404 g/mol. The molecule has 1 N–H and O–H groups in total. The second-order valence-electron chi connectivity index (χ2n) is 5.94. The number of ether oxygens (including phenoxy) is 2. The molecule has 152 valence electrons. The Kier molecular flexibility index (Phi) is 7.15. The Balaban J connectivity index is 2.62. The highest BCUT2D eigenvalue weighted by molar-refractivity contribution is 7.93. The molecule has 0 spiro atoms. The highest BCUT2D eigenvalue weighted by Gasteiger charge is 2.30. The lowest BCUT2D eigenvalue weighted by Gasteiger charge is -2.25. The first-order chi connectivity index (χ1) is 13.2. The Labute approximate surface area is 170 Å². The summed E-state index contributed by atoms with van der Waals surface area (Å²) in [5.74, 6) is 0.143. The molecule has 9 heteroatoms. The van der Waals surface area contributed by atoms with E-state index in [0.717, 1.165) is 9.87 Å². The first kappa shape index (κ1) is 21.8. The van der Waals surface area contributed by atoms with Gasteiger partial charge in [-0.2, -0.15) is 0 Å². The maximum atomic E-state index is 13.5. The number of likely N-dealkylation sites (N-methyl/N-ethyl adjacent to an activating group) is 1. The van der Waals surface area contributed by atoms with Crippen LogP contribution in [0, 0.1) is 6.92 Å². The molecule has 1 amide bonds.